The van der Waals surface area contributed by atoms with E-state index in [9.17, 15) is 0 Å². The van der Waals surface area contributed by atoms with Crippen molar-refractivity contribution in [2.45, 2.75) is 46.1 Å². The van der Waals surface area contributed by atoms with Crippen molar-refractivity contribution in [3.05, 3.63) is 29.8 Å². The normalized spacial score (nSPS) is 11.7. The lowest BCUT2D eigenvalue weighted by molar-refractivity contribution is 0.222. The molecule has 5 heteroatoms. The van der Waals surface area contributed by atoms with Crippen molar-refractivity contribution < 1.29 is 4.74 Å². The number of nitrogens with zero attached hydrogens (tertiary/aromatic N) is 3. The van der Waals surface area contributed by atoms with Crippen LogP contribution in [-0.4, -0.2) is 21.1 Å². The molecule has 0 unspecified atom stereocenters. The first kappa shape index (κ1) is 15.2. The molecule has 0 spiro atoms. The third kappa shape index (κ3) is 3.90. The van der Waals surface area contributed by atoms with Gasteiger partial charge in [0.15, 0.2) is 5.82 Å². The molecular weight excluding hydrogens is 264 g/mol. The van der Waals surface area contributed by atoms with Crippen LogP contribution in [0.2, 0.25) is 0 Å². The van der Waals surface area contributed by atoms with Crippen molar-refractivity contribution >= 4 is 5.95 Å². The zero-order valence-corrected chi connectivity index (χ0v) is 13.2. The minimum absolute atomic E-state index is 0.0112. The largest absolute Gasteiger partial charge is 0.461 e. The van der Waals surface area contributed by atoms with Crippen LogP contribution in [0.25, 0.3) is 11.4 Å². The Kier molecular flexibility index (Phi) is 4.11. The van der Waals surface area contributed by atoms with E-state index in [1.165, 1.54) is 5.56 Å². The molecule has 1 aromatic heterocycles. The molecule has 0 aliphatic carbocycles. The van der Waals surface area contributed by atoms with Crippen LogP contribution in [0.15, 0.2) is 24.3 Å². The highest BCUT2D eigenvalue weighted by Gasteiger charge is 2.14. The summed E-state index contributed by atoms with van der Waals surface area (Å²) in [4.78, 5) is 12.5. The molecule has 1 aromatic carbocycles. The molecule has 0 saturated heterocycles. The molecule has 1 heterocycles. The zero-order chi connectivity index (χ0) is 15.6. The number of ether oxygens (including phenoxy) is 1. The Labute approximate surface area is 125 Å². The van der Waals surface area contributed by atoms with Gasteiger partial charge in [0.1, 0.15) is 0 Å². The van der Waals surface area contributed by atoms with E-state index in [-0.39, 0.29) is 23.5 Å². The van der Waals surface area contributed by atoms with Crippen LogP contribution in [0.1, 0.15) is 40.2 Å². The lowest BCUT2D eigenvalue weighted by atomic mass is 9.87. The summed E-state index contributed by atoms with van der Waals surface area (Å²) >= 11 is 0. The predicted octanol–water partition coefficient (Wildman–Crippen LogP) is 3.21. The molecule has 2 rings (SSSR count). The fourth-order valence-corrected chi connectivity index (χ4v) is 1.88. The van der Waals surface area contributed by atoms with Crippen molar-refractivity contribution in [3.63, 3.8) is 0 Å². The first-order chi connectivity index (χ1) is 9.75. The molecule has 0 atom stereocenters. The topological polar surface area (TPSA) is 73.9 Å². The molecule has 0 bridgehead atoms. The second-order valence-electron chi connectivity index (χ2n) is 6.29. The Balaban J connectivity index is 2.35. The van der Waals surface area contributed by atoms with Gasteiger partial charge in [-0.2, -0.15) is 15.0 Å². The minimum atomic E-state index is -0.0112. The minimum Gasteiger partial charge on any atom is -0.461 e. The summed E-state index contributed by atoms with van der Waals surface area (Å²) in [5.41, 5.74) is 7.99. The summed E-state index contributed by atoms with van der Waals surface area (Å²) in [6.07, 6.45) is -0.0112. The second kappa shape index (κ2) is 5.68. The van der Waals surface area contributed by atoms with Crippen LogP contribution >= 0.6 is 0 Å². The third-order valence-corrected chi connectivity index (χ3v) is 2.98. The maximum absolute atomic E-state index is 5.73. The summed E-state index contributed by atoms with van der Waals surface area (Å²) in [6, 6.07) is 8.41. The summed E-state index contributed by atoms with van der Waals surface area (Å²) in [7, 11) is 0. The van der Waals surface area contributed by atoms with Crippen molar-refractivity contribution in [1.82, 2.24) is 15.0 Å². The van der Waals surface area contributed by atoms with Gasteiger partial charge in [-0.1, -0.05) is 45.0 Å². The van der Waals surface area contributed by atoms with Crippen molar-refractivity contribution in [2.24, 2.45) is 0 Å². The summed E-state index contributed by atoms with van der Waals surface area (Å²) in [6.45, 7) is 10.4. The Morgan fingerprint density at radius 1 is 1.00 bits per heavy atom. The number of aromatic nitrogens is 3. The van der Waals surface area contributed by atoms with Crippen LogP contribution in [0.3, 0.4) is 0 Å². The van der Waals surface area contributed by atoms with E-state index in [0.29, 0.717) is 5.82 Å². The lowest BCUT2D eigenvalue weighted by Crippen LogP contribution is -2.12. The van der Waals surface area contributed by atoms with Crippen LogP contribution in [-0.2, 0) is 5.41 Å². The average Bonchev–Trinajstić information content (AvgIpc) is 2.36. The number of anilines is 1. The number of nitrogen functional groups attached to an aromatic ring is 1. The van der Waals surface area contributed by atoms with E-state index in [4.69, 9.17) is 10.5 Å². The molecule has 2 N–H and O–H groups in total. The van der Waals surface area contributed by atoms with Crippen molar-refractivity contribution in [3.8, 4) is 17.4 Å². The molecule has 0 fully saturated rings. The van der Waals surface area contributed by atoms with Gasteiger partial charge in [0.05, 0.1) is 6.10 Å². The quantitative estimate of drug-likeness (QED) is 0.937. The van der Waals surface area contributed by atoms with Gasteiger partial charge in [0.25, 0.3) is 0 Å². The molecule has 0 aliphatic rings. The van der Waals surface area contributed by atoms with Gasteiger partial charge in [0, 0.05) is 5.56 Å². The van der Waals surface area contributed by atoms with Gasteiger partial charge in [0.2, 0.25) is 5.95 Å². The maximum Gasteiger partial charge on any atom is 0.322 e. The number of hydrogen-bond donors (Lipinski definition) is 1. The second-order valence-corrected chi connectivity index (χ2v) is 6.29. The van der Waals surface area contributed by atoms with Gasteiger partial charge < -0.3 is 10.5 Å². The smallest absolute Gasteiger partial charge is 0.322 e. The van der Waals surface area contributed by atoms with Gasteiger partial charge in [-0.05, 0) is 24.8 Å². The highest BCUT2D eigenvalue weighted by atomic mass is 16.5. The van der Waals surface area contributed by atoms with Gasteiger partial charge >= 0.3 is 6.01 Å². The molecular formula is C16H22N4O. The van der Waals surface area contributed by atoms with Crippen molar-refractivity contribution in [2.75, 3.05) is 5.73 Å². The Morgan fingerprint density at radius 3 is 2.14 bits per heavy atom. The number of hydrogen-bond acceptors (Lipinski definition) is 5. The highest BCUT2D eigenvalue weighted by Crippen LogP contribution is 2.25. The average molecular weight is 286 g/mol. The predicted molar refractivity (Wildman–Crippen MR) is 84.1 cm³/mol. The van der Waals surface area contributed by atoms with E-state index < -0.39 is 0 Å². The van der Waals surface area contributed by atoms with Crippen LogP contribution in [0, 0.1) is 0 Å². The Hall–Kier alpha value is -2.17. The van der Waals surface area contributed by atoms with Gasteiger partial charge in [-0.25, -0.2) is 0 Å². The van der Waals surface area contributed by atoms with E-state index in [1.807, 2.05) is 26.0 Å². The number of benzene rings is 1. The summed E-state index contributed by atoms with van der Waals surface area (Å²) in [5.74, 6) is 0.689. The Bertz CT molecular complexity index is 615. The van der Waals surface area contributed by atoms with Crippen LogP contribution < -0.4 is 10.5 Å². The van der Waals surface area contributed by atoms with E-state index in [0.717, 1.165) is 5.56 Å². The van der Waals surface area contributed by atoms with Gasteiger partial charge in [-0.15, -0.1) is 0 Å². The first-order valence-corrected chi connectivity index (χ1v) is 7.05. The summed E-state index contributed by atoms with van der Waals surface area (Å²) in [5, 5.41) is 0. The first-order valence-electron chi connectivity index (χ1n) is 7.05. The fraction of sp³-hybridized carbons (Fsp3) is 0.438. The fourth-order valence-electron chi connectivity index (χ4n) is 1.88. The summed E-state index contributed by atoms with van der Waals surface area (Å²) < 4.78 is 5.49. The van der Waals surface area contributed by atoms with E-state index in [2.05, 4.69) is 47.9 Å². The molecule has 112 valence electrons. The molecule has 0 aliphatic heterocycles. The molecule has 21 heavy (non-hydrogen) atoms. The van der Waals surface area contributed by atoms with Crippen LogP contribution in [0.4, 0.5) is 5.95 Å². The monoisotopic (exact) mass is 286 g/mol. The van der Waals surface area contributed by atoms with E-state index in [1.54, 1.807) is 0 Å². The number of nitrogens with two attached hydrogens (primary N) is 1. The number of rotatable bonds is 3. The van der Waals surface area contributed by atoms with Crippen molar-refractivity contribution in [1.29, 1.82) is 0 Å². The maximum atomic E-state index is 5.73. The molecule has 0 amide bonds. The standard InChI is InChI=1S/C16H22N4O/c1-10(2)21-15-19-13(18-14(17)20-15)11-6-8-12(9-7-11)16(3,4)5/h6-10H,1-5H3,(H2,17,18,19,20). The molecule has 0 radical (unpaired) electrons. The lowest BCUT2D eigenvalue weighted by Gasteiger charge is -2.19. The Morgan fingerprint density at radius 2 is 1.62 bits per heavy atom. The highest BCUT2D eigenvalue weighted by molar-refractivity contribution is 5.57. The molecule has 5 nitrogen and oxygen atoms in total. The van der Waals surface area contributed by atoms with Gasteiger partial charge in [-0.3, -0.25) is 0 Å². The third-order valence-electron chi connectivity index (χ3n) is 2.98. The SMILES string of the molecule is CC(C)Oc1nc(N)nc(-c2ccc(C(C)(C)C)cc2)n1. The molecule has 0 saturated carbocycles. The van der Waals surface area contributed by atoms with E-state index >= 15 is 0 Å². The van der Waals surface area contributed by atoms with Crippen LogP contribution in [0.5, 0.6) is 6.01 Å². The molecule has 2 aromatic rings. The zero-order valence-electron chi connectivity index (χ0n) is 13.2.